The number of rotatable bonds is 4. The summed E-state index contributed by atoms with van der Waals surface area (Å²) in [6.07, 6.45) is 3.75. The molecule has 0 aliphatic rings. The summed E-state index contributed by atoms with van der Waals surface area (Å²) in [6.45, 7) is 3.24. The van der Waals surface area contributed by atoms with Gasteiger partial charge in [-0.15, -0.1) is 24.0 Å². The van der Waals surface area contributed by atoms with E-state index in [0.717, 1.165) is 10.5 Å². The quantitative estimate of drug-likeness (QED) is 0.832. The van der Waals surface area contributed by atoms with Crippen LogP contribution in [0.4, 0.5) is 0 Å². The van der Waals surface area contributed by atoms with Crippen LogP contribution in [0.15, 0.2) is 28.7 Å². The lowest BCUT2D eigenvalue weighted by atomic mass is 10.4. The maximum absolute atomic E-state index is 11.7. The van der Waals surface area contributed by atoms with Crippen LogP contribution < -0.4 is 5.32 Å². The van der Waals surface area contributed by atoms with Gasteiger partial charge in [0.25, 0.3) is 5.91 Å². The summed E-state index contributed by atoms with van der Waals surface area (Å²) in [5.41, 5.74) is 1.12. The molecule has 90 valence electrons. The van der Waals surface area contributed by atoms with Crippen molar-refractivity contribution in [1.29, 1.82) is 0 Å². The first kappa shape index (κ1) is 12.2. The number of carbonyl (C=O) groups excluding carboxylic acids is 1. The standard InChI is InChI=1S/C11H13N3OS2/c1-8-5-13-14(6-8)3-2-12-11(15)10-4-9(16)7-17-10/h4-7,16H,2-3H2,1H3,(H,12,15). The molecule has 0 radical (unpaired) electrons. The van der Waals surface area contributed by atoms with E-state index in [1.54, 1.807) is 12.3 Å². The number of thiol groups is 1. The van der Waals surface area contributed by atoms with Crippen LogP contribution in [0.25, 0.3) is 0 Å². The third kappa shape index (κ3) is 3.34. The molecule has 0 spiro atoms. The zero-order valence-electron chi connectivity index (χ0n) is 9.38. The molecule has 17 heavy (non-hydrogen) atoms. The molecule has 0 saturated heterocycles. The predicted octanol–water partition coefficient (Wildman–Crippen LogP) is 1.97. The molecule has 1 amide bonds. The maximum Gasteiger partial charge on any atom is 0.261 e. The summed E-state index contributed by atoms with van der Waals surface area (Å²) >= 11 is 5.56. The van der Waals surface area contributed by atoms with Crippen LogP contribution in [0.2, 0.25) is 0 Å². The molecule has 0 saturated carbocycles. The molecule has 2 heterocycles. The third-order valence-electron chi connectivity index (χ3n) is 2.20. The minimum Gasteiger partial charge on any atom is -0.349 e. The van der Waals surface area contributed by atoms with Gasteiger partial charge in [-0.25, -0.2) is 0 Å². The number of thiophene rings is 1. The van der Waals surface area contributed by atoms with Crippen molar-refractivity contribution in [2.24, 2.45) is 0 Å². The Hall–Kier alpha value is -1.27. The first-order valence-electron chi connectivity index (χ1n) is 5.20. The number of amides is 1. The first-order valence-corrected chi connectivity index (χ1v) is 6.52. The van der Waals surface area contributed by atoms with Crippen molar-refractivity contribution in [3.05, 3.63) is 34.3 Å². The number of nitrogens with one attached hydrogen (secondary N) is 1. The number of nitrogens with zero attached hydrogens (tertiary/aromatic N) is 2. The van der Waals surface area contributed by atoms with Gasteiger partial charge in [0.1, 0.15) is 0 Å². The van der Waals surface area contributed by atoms with E-state index in [-0.39, 0.29) is 5.91 Å². The molecule has 0 aromatic carbocycles. The molecule has 1 N–H and O–H groups in total. The highest BCUT2D eigenvalue weighted by Gasteiger charge is 2.07. The Labute approximate surface area is 109 Å². The van der Waals surface area contributed by atoms with Crippen molar-refractivity contribution in [2.75, 3.05) is 6.54 Å². The number of aromatic nitrogens is 2. The van der Waals surface area contributed by atoms with Crippen molar-refractivity contribution in [3.8, 4) is 0 Å². The topological polar surface area (TPSA) is 46.9 Å². The van der Waals surface area contributed by atoms with Crippen molar-refractivity contribution >= 4 is 29.9 Å². The van der Waals surface area contributed by atoms with E-state index < -0.39 is 0 Å². The highest BCUT2D eigenvalue weighted by molar-refractivity contribution is 7.80. The first-order chi connectivity index (χ1) is 8.15. The fourth-order valence-electron chi connectivity index (χ4n) is 1.41. The summed E-state index contributed by atoms with van der Waals surface area (Å²) in [7, 11) is 0. The van der Waals surface area contributed by atoms with E-state index in [2.05, 4.69) is 23.0 Å². The minimum atomic E-state index is -0.0563. The van der Waals surface area contributed by atoms with E-state index >= 15 is 0 Å². The summed E-state index contributed by atoms with van der Waals surface area (Å²) in [5, 5.41) is 8.83. The Balaban J connectivity index is 1.81. The molecule has 0 bridgehead atoms. The largest absolute Gasteiger partial charge is 0.349 e. The van der Waals surface area contributed by atoms with E-state index in [0.29, 0.717) is 18.0 Å². The van der Waals surface area contributed by atoms with Crippen molar-refractivity contribution < 1.29 is 4.79 Å². The molecular weight excluding hydrogens is 254 g/mol. The Bertz CT molecular complexity index is 518. The Morgan fingerprint density at radius 2 is 2.47 bits per heavy atom. The van der Waals surface area contributed by atoms with Gasteiger partial charge in [-0.3, -0.25) is 9.48 Å². The Kier molecular flexibility index (Phi) is 3.86. The normalized spacial score (nSPS) is 10.5. The summed E-state index contributed by atoms with van der Waals surface area (Å²) in [5.74, 6) is -0.0563. The second-order valence-electron chi connectivity index (χ2n) is 3.71. The molecule has 0 unspecified atom stereocenters. The molecule has 4 nitrogen and oxygen atoms in total. The molecule has 0 atom stereocenters. The molecule has 2 rings (SSSR count). The summed E-state index contributed by atoms with van der Waals surface area (Å²) in [6, 6.07) is 1.77. The smallest absolute Gasteiger partial charge is 0.261 e. The second kappa shape index (κ2) is 5.37. The van der Waals surface area contributed by atoms with Crippen molar-refractivity contribution in [1.82, 2.24) is 15.1 Å². The van der Waals surface area contributed by atoms with Crippen LogP contribution in [-0.2, 0) is 6.54 Å². The Morgan fingerprint density at radius 3 is 3.06 bits per heavy atom. The van der Waals surface area contributed by atoms with Gasteiger partial charge in [0.2, 0.25) is 0 Å². The zero-order chi connectivity index (χ0) is 12.3. The lowest BCUT2D eigenvalue weighted by molar-refractivity contribution is 0.0956. The predicted molar refractivity (Wildman–Crippen MR) is 70.9 cm³/mol. The second-order valence-corrected chi connectivity index (χ2v) is 5.13. The molecule has 0 aliphatic carbocycles. The van der Waals surface area contributed by atoms with Gasteiger partial charge in [0.15, 0.2) is 0 Å². The maximum atomic E-state index is 11.7. The van der Waals surface area contributed by atoms with Crippen LogP contribution in [-0.4, -0.2) is 22.2 Å². The van der Waals surface area contributed by atoms with Gasteiger partial charge in [-0.1, -0.05) is 0 Å². The zero-order valence-corrected chi connectivity index (χ0v) is 11.1. The fraction of sp³-hybridized carbons (Fsp3) is 0.273. The highest BCUT2D eigenvalue weighted by Crippen LogP contribution is 2.17. The fourth-order valence-corrected chi connectivity index (χ4v) is 2.47. The molecule has 0 aliphatic heterocycles. The van der Waals surface area contributed by atoms with Gasteiger partial charge >= 0.3 is 0 Å². The third-order valence-corrected chi connectivity index (χ3v) is 3.56. The molecule has 0 fully saturated rings. The SMILES string of the molecule is Cc1cnn(CCNC(=O)c2cc(S)cs2)c1. The van der Waals surface area contributed by atoms with Crippen molar-refractivity contribution in [3.63, 3.8) is 0 Å². The summed E-state index contributed by atoms with van der Waals surface area (Å²) in [4.78, 5) is 13.2. The number of hydrogen-bond acceptors (Lipinski definition) is 4. The van der Waals surface area contributed by atoms with Crippen LogP contribution in [0.5, 0.6) is 0 Å². The highest BCUT2D eigenvalue weighted by atomic mass is 32.1. The van der Waals surface area contributed by atoms with Gasteiger partial charge < -0.3 is 5.32 Å². The minimum absolute atomic E-state index is 0.0563. The molecule has 2 aromatic heterocycles. The van der Waals surface area contributed by atoms with Crippen LogP contribution in [0.1, 0.15) is 15.2 Å². The van der Waals surface area contributed by atoms with Crippen molar-refractivity contribution in [2.45, 2.75) is 18.4 Å². The number of carbonyl (C=O) groups is 1. The monoisotopic (exact) mass is 267 g/mol. The molecular formula is C11H13N3OS2. The van der Waals surface area contributed by atoms with Gasteiger partial charge in [0, 0.05) is 23.0 Å². The van der Waals surface area contributed by atoms with Gasteiger partial charge in [-0.05, 0) is 18.6 Å². The number of hydrogen-bond donors (Lipinski definition) is 2. The van der Waals surface area contributed by atoms with Crippen LogP contribution in [0.3, 0.4) is 0 Å². The average Bonchev–Trinajstić information content (AvgIpc) is 2.88. The van der Waals surface area contributed by atoms with Gasteiger partial charge in [-0.2, -0.15) is 5.10 Å². The van der Waals surface area contributed by atoms with Gasteiger partial charge in [0.05, 0.1) is 17.6 Å². The lowest BCUT2D eigenvalue weighted by Crippen LogP contribution is -2.26. The molecule has 2 aromatic rings. The lowest BCUT2D eigenvalue weighted by Gasteiger charge is -2.03. The van der Waals surface area contributed by atoms with E-state index in [1.165, 1.54) is 11.3 Å². The number of aryl methyl sites for hydroxylation is 1. The van der Waals surface area contributed by atoms with E-state index in [1.807, 2.05) is 23.2 Å². The van der Waals surface area contributed by atoms with Crippen LogP contribution in [0, 0.1) is 6.92 Å². The summed E-state index contributed by atoms with van der Waals surface area (Å²) < 4.78 is 1.81. The Morgan fingerprint density at radius 1 is 1.65 bits per heavy atom. The van der Waals surface area contributed by atoms with E-state index in [4.69, 9.17) is 0 Å². The average molecular weight is 267 g/mol. The van der Waals surface area contributed by atoms with Crippen LogP contribution >= 0.6 is 24.0 Å². The molecule has 6 heteroatoms. The van der Waals surface area contributed by atoms with E-state index in [9.17, 15) is 4.79 Å².